The van der Waals surface area contributed by atoms with Crippen molar-refractivity contribution >= 4 is 21.1 Å². The van der Waals surface area contributed by atoms with Crippen LogP contribution in [0.15, 0.2) is 12.3 Å². The van der Waals surface area contributed by atoms with Gasteiger partial charge in [-0.2, -0.15) is 0 Å². The van der Waals surface area contributed by atoms with Crippen LogP contribution in [0.5, 0.6) is 0 Å². The van der Waals surface area contributed by atoms with E-state index in [0.29, 0.717) is 11.8 Å². The molecule has 0 heterocycles. The van der Waals surface area contributed by atoms with Crippen LogP contribution >= 0.6 is 0 Å². The molecule has 0 bridgehead atoms. The average molecular weight is 520 g/mol. The van der Waals surface area contributed by atoms with Crippen LogP contribution in [0.25, 0.3) is 0 Å². The summed E-state index contributed by atoms with van der Waals surface area (Å²) in [5.41, 5.74) is 0.487. The van der Waals surface area contributed by atoms with Crippen LogP contribution in [0.1, 0.15) is 111 Å². The minimum atomic E-state index is -0.562. The molecule has 0 aliphatic heterocycles. The third kappa shape index (κ3) is 30.5. The fourth-order valence-electron chi connectivity index (χ4n) is 2.86. The predicted molar refractivity (Wildman–Crippen MR) is 128 cm³/mol. The molecule has 0 spiro atoms. The van der Waals surface area contributed by atoms with E-state index >= 15 is 0 Å². The van der Waals surface area contributed by atoms with Gasteiger partial charge in [-0.05, 0) is 12.8 Å². The zero-order chi connectivity index (χ0) is 22.2. The average Bonchev–Trinajstić information content (AvgIpc) is 2.69. The molecule has 2 radical (unpaired) electrons. The summed E-state index contributed by atoms with van der Waals surface area (Å²) in [7, 11) is 0. The number of hydrogen-bond acceptors (Lipinski definition) is 4. The summed E-state index contributed by atoms with van der Waals surface area (Å²) >= 11 is -0.0754. The molecule has 3 N–H and O–H groups in total. The van der Waals surface area contributed by atoms with Gasteiger partial charge in [0.1, 0.15) is 6.23 Å². The van der Waals surface area contributed by atoms with E-state index in [0.717, 1.165) is 17.5 Å². The van der Waals surface area contributed by atoms with E-state index in [-0.39, 0.29) is 27.7 Å². The predicted octanol–water partition coefficient (Wildman–Crippen LogP) is 6.00. The Morgan fingerprint density at radius 1 is 0.897 bits per heavy atom. The maximum absolute atomic E-state index is 9.63. The Hall–Kier alpha value is 0.219. The van der Waals surface area contributed by atoms with Crippen molar-refractivity contribution < 1.29 is 14.9 Å². The summed E-state index contributed by atoms with van der Waals surface area (Å²) < 4.78 is 7.85. The normalized spacial score (nSPS) is 11.8. The first-order valence-corrected chi connectivity index (χ1v) is 16.1. The van der Waals surface area contributed by atoms with Gasteiger partial charge < -0.3 is 15.5 Å². The Bertz CT molecular complexity index is 327. The van der Waals surface area contributed by atoms with Crippen molar-refractivity contribution in [1.29, 1.82) is 0 Å². The summed E-state index contributed by atoms with van der Waals surface area (Å²) in [4.78, 5) is 0. The number of unbranched alkanes of at least 4 members (excludes halogenated alkanes) is 11. The van der Waals surface area contributed by atoms with Crippen molar-refractivity contribution in [3.63, 3.8) is 0 Å². The van der Waals surface area contributed by atoms with E-state index in [4.69, 9.17) is 9.84 Å². The van der Waals surface area contributed by atoms with E-state index in [1.807, 2.05) is 0 Å². The maximum atomic E-state index is 9.63. The topological polar surface area (TPSA) is 61.7 Å². The van der Waals surface area contributed by atoms with Crippen molar-refractivity contribution in [3.8, 4) is 0 Å². The second-order valence-electron chi connectivity index (χ2n) is 8.06. The second-order valence-corrected chi connectivity index (χ2v) is 12.3. The molecule has 0 fully saturated rings. The van der Waals surface area contributed by atoms with Crippen LogP contribution in [0, 0.1) is 0 Å². The standard InChI is InChI=1S/C18H37NO2.C4H9O.C2H5.Sn/c1-3-4-5-6-7-8-9-10-11-12-13-14-15-18(21)19-17(2)16-20;1-4(2)5-3;1-2;/h18-21H,2-16H2,1H3;4H,3H2,1-2H3;1H2,2H3;. The zero-order valence-corrected chi connectivity index (χ0v) is 22.8. The van der Waals surface area contributed by atoms with E-state index in [1.54, 1.807) is 0 Å². The first-order chi connectivity index (χ1) is 14.0. The Morgan fingerprint density at radius 2 is 1.38 bits per heavy atom. The number of nitrogens with one attached hydrogen (secondary N) is 1. The van der Waals surface area contributed by atoms with E-state index < -0.39 is 6.23 Å². The molecule has 0 saturated carbocycles. The van der Waals surface area contributed by atoms with Gasteiger partial charge in [-0.3, -0.25) is 0 Å². The molecule has 5 heteroatoms. The number of ether oxygens (including phenoxy) is 1. The van der Waals surface area contributed by atoms with Crippen molar-refractivity contribution in [1.82, 2.24) is 5.32 Å². The molecule has 0 saturated heterocycles. The van der Waals surface area contributed by atoms with Gasteiger partial charge in [-0.25, -0.2) is 0 Å². The molecule has 0 aromatic carbocycles. The third-order valence-electron chi connectivity index (χ3n) is 4.66. The second kappa shape index (κ2) is 26.3. The fraction of sp³-hybridized carbons (Fsp3) is 0.917. The monoisotopic (exact) mass is 521 g/mol. The van der Waals surface area contributed by atoms with Crippen LogP contribution in [0.3, 0.4) is 0 Å². The molecule has 29 heavy (non-hydrogen) atoms. The van der Waals surface area contributed by atoms with E-state index in [1.165, 1.54) is 75.1 Å². The van der Waals surface area contributed by atoms with E-state index in [2.05, 4.69) is 39.6 Å². The van der Waals surface area contributed by atoms with Crippen LogP contribution in [0.4, 0.5) is 0 Å². The third-order valence-corrected chi connectivity index (χ3v) is 7.15. The van der Waals surface area contributed by atoms with Crippen LogP contribution in [0.2, 0.25) is 4.44 Å². The molecule has 174 valence electrons. The Labute approximate surface area is 192 Å². The molecular weight excluding hydrogens is 469 g/mol. The number of rotatable bonds is 20. The van der Waals surface area contributed by atoms with Gasteiger partial charge in [0, 0.05) is 5.70 Å². The zero-order valence-electron chi connectivity index (χ0n) is 20.0. The summed E-state index contributed by atoms with van der Waals surface area (Å²) in [6.07, 6.45) is 16.5. The first kappa shape index (κ1) is 31.4. The number of aliphatic hydroxyl groups excluding tert-OH is 2. The Morgan fingerprint density at radius 3 is 1.79 bits per heavy atom. The molecule has 4 nitrogen and oxygen atoms in total. The molecule has 1 unspecified atom stereocenters. The van der Waals surface area contributed by atoms with Crippen LogP contribution in [-0.4, -0.2) is 54.9 Å². The van der Waals surface area contributed by atoms with Gasteiger partial charge in [0.05, 0.1) is 6.61 Å². The van der Waals surface area contributed by atoms with Crippen LogP contribution in [-0.2, 0) is 4.74 Å². The molecule has 0 rings (SSSR count). The Kier molecular flexibility index (Phi) is 28.4. The van der Waals surface area contributed by atoms with Crippen molar-refractivity contribution in [2.24, 2.45) is 0 Å². The van der Waals surface area contributed by atoms with E-state index in [9.17, 15) is 5.11 Å². The summed E-state index contributed by atoms with van der Waals surface area (Å²) in [6, 6.07) is 0. The molecule has 0 aliphatic carbocycles. The van der Waals surface area contributed by atoms with Crippen molar-refractivity contribution in [2.45, 2.75) is 128 Å². The molecule has 0 aliphatic rings. The van der Waals surface area contributed by atoms with Gasteiger partial charge >= 0.3 is 61.8 Å². The fourth-order valence-corrected chi connectivity index (χ4v) is 4.73. The molecule has 0 aromatic rings. The molecule has 1 atom stereocenters. The molecular formula is C24H51NO3Sn. The van der Waals surface area contributed by atoms with Gasteiger partial charge in [0.25, 0.3) is 0 Å². The quantitative estimate of drug-likeness (QED) is 0.105. The minimum absolute atomic E-state index is 0.0754. The molecule has 0 aromatic heterocycles. The SMILES string of the molecule is C=C(CO)NC(O)CCCCCCCCCCCCCC.C[CH2][Sn][CH2]OC(C)C. The van der Waals surface area contributed by atoms with Crippen LogP contribution < -0.4 is 5.32 Å². The summed E-state index contributed by atoms with van der Waals surface area (Å²) in [5, 5.41) is 21.2. The summed E-state index contributed by atoms with van der Waals surface area (Å²) in [6.45, 7) is 12.2. The number of hydrogen-bond donors (Lipinski definition) is 3. The van der Waals surface area contributed by atoms with Gasteiger partial charge in [0.2, 0.25) is 0 Å². The first-order valence-electron chi connectivity index (χ1n) is 12.0. The molecule has 0 amide bonds. The number of aliphatic hydroxyl groups is 2. The summed E-state index contributed by atoms with van der Waals surface area (Å²) in [5.74, 6) is 0. The van der Waals surface area contributed by atoms with Gasteiger partial charge in [-0.1, -0.05) is 84.1 Å². The Balaban J connectivity index is 0. The van der Waals surface area contributed by atoms with Crippen molar-refractivity contribution in [2.75, 3.05) is 11.2 Å². The van der Waals surface area contributed by atoms with Gasteiger partial charge in [0.15, 0.2) is 0 Å². The van der Waals surface area contributed by atoms with Gasteiger partial charge in [-0.15, -0.1) is 0 Å². The van der Waals surface area contributed by atoms with Crippen molar-refractivity contribution in [3.05, 3.63) is 12.3 Å².